The number of carbonyl (C=O) groups is 1. The van der Waals surface area contributed by atoms with E-state index in [9.17, 15) is 14.9 Å². The average molecular weight is 390 g/mol. The highest BCUT2D eigenvalue weighted by Crippen LogP contribution is 2.23. The number of benzene rings is 2. The number of nitrogens with zero attached hydrogens (tertiary/aromatic N) is 2. The van der Waals surface area contributed by atoms with Gasteiger partial charge in [0.15, 0.2) is 0 Å². The second-order valence-corrected chi connectivity index (χ2v) is 7.36. The van der Waals surface area contributed by atoms with Crippen molar-refractivity contribution in [2.24, 2.45) is 0 Å². The van der Waals surface area contributed by atoms with Gasteiger partial charge < -0.3 is 10.6 Å². The Bertz CT molecular complexity index is 1040. The summed E-state index contributed by atoms with van der Waals surface area (Å²) in [5, 5.41) is 18.5. The molecule has 0 radical (unpaired) electrons. The molecule has 2 N–H and O–H groups in total. The molecule has 0 bridgehead atoms. The zero-order chi connectivity index (χ0) is 20.2. The molecule has 1 amide bonds. The number of pyridine rings is 1. The second-order valence-electron chi connectivity index (χ2n) is 7.36. The van der Waals surface area contributed by atoms with Gasteiger partial charge >= 0.3 is 0 Å². The van der Waals surface area contributed by atoms with Crippen LogP contribution in [0.3, 0.4) is 0 Å². The van der Waals surface area contributed by atoms with Crippen molar-refractivity contribution in [1.29, 1.82) is 0 Å². The topological polar surface area (TPSA) is 97.2 Å². The summed E-state index contributed by atoms with van der Waals surface area (Å²) in [5.74, 6) is 0.606. The molecule has 0 saturated heterocycles. The largest absolute Gasteiger partial charge is 0.367 e. The lowest BCUT2D eigenvalue weighted by Crippen LogP contribution is -2.40. The number of fused-ring (bicyclic) bond motifs is 1. The van der Waals surface area contributed by atoms with Crippen molar-refractivity contribution >= 4 is 28.3 Å². The van der Waals surface area contributed by atoms with E-state index in [1.807, 2.05) is 30.3 Å². The lowest BCUT2D eigenvalue weighted by atomic mass is 9.91. The van der Waals surface area contributed by atoms with E-state index >= 15 is 0 Å². The number of non-ortho nitro benzene ring substituents is 1. The molecule has 29 heavy (non-hydrogen) atoms. The van der Waals surface area contributed by atoms with E-state index in [1.54, 1.807) is 6.07 Å². The van der Waals surface area contributed by atoms with Crippen LogP contribution < -0.4 is 10.6 Å². The molecule has 3 aromatic rings. The molecule has 0 aliphatic heterocycles. The first-order chi connectivity index (χ1) is 14.1. The van der Waals surface area contributed by atoms with Gasteiger partial charge in [-0.15, -0.1) is 0 Å². The Labute approximate surface area is 168 Å². The van der Waals surface area contributed by atoms with Crippen molar-refractivity contribution in [2.75, 3.05) is 5.32 Å². The molecule has 7 heteroatoms. The summed E-state index contributed by atoms with van der Waals surface area (Å²) in [7, 11) is 0. The van der Waals surface area contributed by atoms with Crippen LogP contribution in [0.2, 0.25) is 0 Å². The standard InChI is InChI=1S/C22H22N4O3/c27-22(16-5-3-6-19(14-16)26(28)29)24-18-11-9-17(10-12-18)23-21-13-8-15-4-1-2-7-20(15)25-21/h1-8,13-14,17-18H,9-12H2,(H,23,25)(H,24,27). The van der Waals surface area contributed by atoms with Gasteiger partial charge in [0.05, 0.1) is 10.4 Å². The van der Waals surface area contributed by atoms with Crippen LogP contribution in [0.5, 0.6) is 0 Å². The lowest BCUT2D eigenvalue weighted by Gasteiger charge is -2.30. The first-order valence-corrected chi connectivity index (χ1v) is 9.76. The van der Waals surface area contributed by atoms with Crippen LogP contribution in [0.25, 0.3) is 10.9 Å². The number of hydrogen-bond acceptors (Lipinski definition) is 5. The van der Waals surface area contributed by atoms with E-state index in [0.717, 1.165) is 42.4 Å². The summed E-state index contributed by atoms with van der Waals surface area (Å²) in [6.07, 6.45) is 3.56. The van der Waals surface area contributed by atoms with Crippen LogP contribution in [0.4, 0.5) is 11.5 Å². The second kappa shape index (κ2) is 8.26. The van der Waals surface area contributed by atoms with Crippen molar-refractivity contribution in [3.8, 4) is 0 Å². The molecular formula is C22H22N4O3. The van der Waals surface area contributed by atoms with E-state index in [4.69, 9.17) is 0 Å². The normalized spacial score (nSPS) is 18.9. The molecule has 1 aliphatic carbocycles. The van der Waals surface area contributed by atoms with Crippen molar-refractivity contribution in [3.05, 3.63) is 76.3 Å². The van der Waals surface area contributed by atoms with Gasteiger partial charge in [0.1, 0.15) is 5.82 Å². The van der Waals surface area contributed by atoms with Crippen LogP contribution in [0.15, 0.2) is 60.7 Å². The summed E-state index contributed by atoms with van der Waals surface area (Å²) in [4.78, 5) is 27.5. The molecule has 0 atom stereocenters. The quantitative estimate of drug-likeness (QED) is 0.500. The Hall–Kier alpha value is -3.48. The number of rotatable bonds is 5. The van der Waals surface area contributed by atoms with Crippen molar-refractivity contribution in [3.63, 3.8) is 0 Å². The Balaban J connectivity index is 1.31. The van der Waals surface area contributed by atoms with Crippen LogP contribution in [-0.4, -0.2) is 27.9 Å². The van der Waals surface area contributed by atoms with Crippen molar-refractivity contribution in [1.82, 2.24) is 10.3 Å². The highest BCUT2D eigenvalue weighted by Gasteiger charge is 2.23. The first kappa shape index (κ1) is 18.9. The number of para-hydroxylation sites is 1. The highest BCUT2D eigenvalue weighted by molar-refractivity contribution is 5.95. The Morgan fingerprint density at radius 1 is 0.966 bits per heavy atom. The average Bonchev–Trinajstić information content (AvgIpc) is 2.75. The minimum absolute atomic E-state index is 0.0735. The van der Waals surface area contributed by atoms with Gasteiger partial charge in [-0.05, 0) is 49.9 Å². The number of amides is 1. The summed E-state index contributed by atoms with van der Waals surface area (Å²) < 4.78 is 0. The van der Waals surface area contributed by atoms with Crippen LogP contribution in [-0.2, 0) is 0 Å². The number of nitro groups is 1. The van der Waals surface area contributed by atoms with Gasteiger partial charge in [-0.2, -0.15) is 0 Å². The van der Waals surface area contributed by atoms with Gasteiger partial charge in [0.2, 0.25) is 0 Å². The number of aromatic nitrogens is 1. The molecule has 1 aliphatic rings. The van der Waals surface area contributed by atoms with Crippen LogP contribution in [0, 0.1) is 10.1 Å². The van der Waals surface area contributed by atoms with Gasteiger partial charge in [0.25, 0.3) is 11.6 Å². The zero-order valence-electron chi connectivity index (χ0n) is 15.9. The van der Waals surface area contributed by atoms with E-state index in [0.29, 0.717) is 11.6 Å². The molecule has 0 unspecified atom stereocenters. The summed E-state index contributed by atoms with van der Waals surface area (Å²) >= 11 is 0. The number of hydrogen-bond donors (Lipinski definition) is 2. The van der Waals surface area contributed by atoms with E-state index in [2.05, 4.69) is 21.7 Å². The lowest BCUT2D eigenvalue weighted by molar-refractivity contribution is -0.384. The summed E-state index contributed by atoms with van der Waals surface area (Å²) in [6.45, 7) is 0. The fraction of sp³-hybridized carbons (Fsp3) is 0.273. The molecule has 2 aromatic carbocycles. The predicted molar refractivity (Wildman–Crippen MR) is 112 cm³/mol. The van der Waals surface area contributed by atoms with E-state index < -0.39 is 4.92 Å². The Morgan fingerprint density at radius 2 is 1.72 bits per heavy atom. The van der Waals surface area contributed by atoms with E-state index in [-0.39, 0.29) is 17.6 Å². The molecule has 4 rings (SSSR count). The maximum absolute atomic E-state index is 12.4. The monoisotopic (exact) mass is 390 g/mol. The smallest absolute Gasteiger partial charge is 0.270 e. The number of anilines is 1. The molecule has 1 aromatic heterocycles. The third-order valence-corrected chi connectivity index (χ3v) is 5.33. The van der Waals surface area contributed by atoms with Crippen LogP contribution in [0.1, 0.15) is 36.0 Å². The van der Waals surface area contributed by atoms with Gasteiger partial charge in [-0.3, -0.25) is 14.9 Å². The predicted octanol–water partition coefficient (Wildman–Crippen LogP) is 4.30. The van der Waals surface area contributed by atoms with Gasteiger partial charge in [0, 0.05) is 35.2 Å². The van der Waals surface area contributed by atoms with E-state index in [1.165, 1.54) is 18.2 Å². The molecule has 7 nitrogen and oxygen atoms in total. The molecule has 1 heterocycles. The maximum atomic E-state index is 12.4. The summed E-state index contributed by atoms with van der Waals surface area (Å²) in [6, 6.07) is 18.3. The van der Waals surface area contributed by atoms with Gasteiger partial charge in [-0.1, -0.05) is 24.3 Å². The fourth-order valence-corrected chi connectivity index (χ4v) is 3.77. The minimum atomic E-state index is -0.492. The molecule has 148 valence electrons. The number of nitro benzene ring substituents is 1. The first-order valence-electron chi connectivity index (χ1n) is 9.76. The summed E-state index contributed by atoms with van der Waals surface area (Å²) in [5.41, 5.74) is 1.21. The number of carbonyl (C=O) groups excluding carboxylic acids is 1. The minimum Gasteiger partial charge on any atom is -0.367 e. The van der Waals surface area contributed by atoms with Gasteiger partial charge in [-0.25, -0.2) is 4.98 Å². The molecule has 1 fully saturated rings. The fourth-order valence-electron chi connectivity index (χ4n) is 3.77. The number of nitrogens with one attached hydrogen (secondary N) is 2. The molecule has 1 saturated carbocycles. The third kappa shape index (κ3) is 4.51. The highest BCUT2D eigenvalue weighted by atomic mass is 16.6. The Kier molecular flexibility index (Phi) is 5.37. The van der Waals surface area contributed by atoms with Crippen molar-refractivity contribution < 1.29 is 9.72 Å². The molecular weight excluding hydrogens is 368 g/mol. The molecule has 0 spiro atoms. The van der Waals surface area contributed by atoms with Crippen molar-refractivity contribution in [2.45, 2.75) is 37.8 Å². The third-order valence-electron chi connectivity index (χ3n) is 5.33. The van der Waals surface area contributed by atoms with Crippen LogP contribution >= 0.6 is 0 Å². The Morgan fingerprint density at radius 3 is 2.52 bits per heavy atom. The SMILES string of the molecule is O=C(NC1CCC(Nc2ccc3ccccc3n2)CC1)c1cccc([N+](=O)[O-])c1. The maximum Gasteiger partial charge on any atom is 0.270 e. The zero-order valence-corrected chi connectivity index (χ0v) is 15.9.